The summed E-state index contributed by atoms with van der Waals surface area (Å²) in [5, 5.41) is 0. The molecular weight excluding hydrogens is 198 g/mol. The molecule has 1 atom stereocenters. The van der Waals surface area contributed by atoms with Gasteiger partial charge in [-0.25, -0.2) is 4.21 Å². The highest BCUT2D eigenvalue weighted by Crippen LogP contribution is 2.20. The average Bonchev–Trinajstić information content (AvgIpc) is 2.17. The van der Waals surface area contributed by atoms with Crippen LogP contribution in [0.4, 0.5) is 5.69 Å². The van der Waals surface area contributed by atoms with Gasteiger partial charge in [0.15, 0.2) is 0 Å². The monoisotopic (exact) mass is 213 g/mol. The van der Waals surface area contributed by atoms with Crippen LogP contribution in [0.25, 0.3) is 0 Å². The van der Waals surface area contributed by atoms with Crippen molar-refractivity contribution < 1.29 is 8.95 Å². The molecule has 0 saturated carbocycles. The quantitative estimate of drug-likeness (QED) is 0.773. The van der Waals surface area contributed by atoms with Gasteiger partial charge < -0.3 is 4.74 Å². The maximum absolute atomic E-state index is 11.7. The van der Waals surface area contributed by atoms with Gasteiger partial charge in [0, 0.05) is 27.8 Å². The van der Waals surface area contributed by atoms with E-state index in [1.807, 2.05) is 25.1 Å². The highest BCUT2D eigenvalue weighted by Gasteiger charge is 1.98. The first kappa shape index (κ1) is 11.0. The third kappa shape index (κ3) is 3.03. The van der Waals surface area contributed by atoms with Crippen molar-refractivity contribution in [2.45, 2.75) is 6.92 Å². The van der Waals surface area contributed by atoms with Crippen molar-refractivity contribution in [2.75, 3.05) is 19.1 Å². The Morgan fingerprint density at radius 2 is 2.21 bits per heavy atom. The number of hydrogen-bond acceptors (Lipinski definition) is 3. The van der Waals surface area contributed by atoms with Crippen LogP contribution in [0.3, 0.4) is 0 Å². The molecule has 1 aromatic carbocycles. The van der Waals surface area contributed by atoms with E-state index < -0.39 is 9.73 Å². The van der Waals surface area contributed by atoms with Crippen LogP contribution >= 0.6 is 0 Å². The van der Waals surface area contributed by atoms with Crippen molar-refractivity contribution in [1.29, 1.82) is 0 Å². The maximum Gasteiger partial charge on any atom is 0.121 e. The normalized spacial score (nSPS) is 14.5. The first-order valence-corrected chi connectivity index (χ1v) is 6.50. The van der Waals surface area contributed by atoms with Gasteiger partial charge in [0.25, 0.3) is 0 Å². The van der Waals surface area contributed by atoms with Gasteiger partial charge in [-0.15, -0.1) is 0 Å². The highest BCUT2D eigenvalue weighted by molar-refractivity contribution is 7.93. The Bertz CT molecular complexity index is 420. The molecule has 3 nitrogen and oxygen atoms in total. The summed E-state index contributed by atoms with van der Waals surface area (Å²) in [5.74, 6) is 1.29. The Balaban J connectivity index is 3.09. The van der Waals surface area contributed by atoms with E-state index in [4.69, 9.17) is 4.74 Å². The summed E-state index contributed by atoms with van der Waals surface area (Å²) in [5.41, 5.74) is 0.707. The Morgan fingerprint density at radius 1 is 1.50 bits per heavy atom. The molecule has 0 radical (unpaired) electrons. The number of methoxy groups -OCH3 is 1. The molecule has 0 bridgehead atoms. The lowest BCUT2D eigenvalue weighted by Gasteiger charge is -2.02. The van der Waals surface area contributed by atoms with Gasteiger partial charge in [0.1, 0.15) is 5.75 Å². The molecule has 14 heavy (non-hydrogen) atoms. The van der Waals surface area contributed by atoms with E-state index in [0.717, 1.165) is 5.75 Å². The fraction of sp³-hybridized carbons (Fsp3) is 0.400. The molecule has 78 valence electrons. The molecular formula is C10H15NO2S. The molecule has 0 fully saturated rings. The van der Waals surface area contributed by atoms with Crippen molar-refractivity contribution in [2.24, 2.45) is 4.36 Å². The first-order valence-electron chi connectivity index (χ1n) is 4.41. The Kier molecular flexibility index (Phi) is 3.52. The number of benzene rings is 1. The zero-order valence-corrected chi connectivity index (χ0v) is 9.50. The summed E-state index contributed by atoms with van der Waals surface area (Å²) < 4.78 is 20.9. The number of nitrogens with zero attached hydrogens (tertiary/aromatic N) is 1. The molecule has 0 saturated heterocycles. The largest absolute Gasteiger partial charge is 0.497 e. The van der Waals surface area contributed by atoms with E-state index in [9.17, 15) is 4.21 Å². The van der Waals surface area contributed by atoms with Crippen molar-refractivity contribution >= 4 is 15.4 Å². The van der Waals surface area contributed by atoms with E-state index in [2.05, 4.69) is 4.36 Å². The molecule has 0 aromatic heterocycles. The van der Waals surface area contributed by atoms with Crippen molar-refractivity contribution in [3.05, 3.63) is 24.3 Å². The van der Waals surface area contributed by atoms with Crippen molar-refractivity contribution in [1.82, 2.24) is 0 Å². The fourth-order valence-electron chi connectivity index (χ4n) is 0.955. The average molecular weight is 213 g/mol. The van der Waals surface area contributed by atoms with Crippen LogP contribution in [0.5, 0.6) is 5.75 Å². The molecule has 0 aliphatic heterocycles. The highest BCUT2D eigenvalue weighted by atomic mass is 32.2. The lowest BCUT2D eigenvalue weighted by molar-refractivity contribution is 0.415. The second kappa shape index (κ2) is 4.46. The van der Waals surface area contributed by atoms with Gasteiger partial charge in [0.2, 0.25) is 0 Å². The van der Waals surface area contributed by atoms with E-state index in [1.165, 1.54) is 0 Å². The fourth-order valence-corrected chi connectivity index (χ4v) is 1.64. The third-order valence-electron chi connectivity index (χ3n) is 1.89. The summed E-state index contributed by atoms with van der Waals surface area (Å²) >= 11 is 0. The first-order chi connectivity index (χ1) is 6.57. The van der Waals surface area contributed by atoms with Crippen LogP contribution in [0.2, 0.25) is 0 Å². The minimum atomic E-state index is -2.08. The molecule has 0 heterocycles. The van der Waals surface area contributed by atoms with E-state index >= 15 is 0 Å². The zero-order chi connectivity index (χ0) is 10.6. The van der Waals surface area contributed by atoms with Crippen LogP contribution in [0.1, 0.15) is 6.92 Å². The predicted octanol–water partition coefficient (Wildman–Crippen LogP) is 2.44. The second-order valence-corrected chi connectivity index (χ2v) is 5.72. The van der Waals surface area contributed by atoms with Gasteiger partial charge >= 0.3 is 0 Å². The second-order valence-electron chi connectivity index (χ2n) is 3.04. The minimum Gasteiger partial charge on any atom is -0.497 e. The summed E-state index contributed by atoms with van der Waals surface area (Å²) in [7, 11) is -0.479. The summed E-state index contributed by atoms with van der Waals surface area (Å²) in [4.78, 5) is 0. The van der Waals surface area contributed by atoms with Gasteiger partial charge in [-0.1, -0.05) is 13.0 Å². The van der Waals surface area contributed by atoms with Gasteiger partial charge in [-0.05, 0) is 12.1 Å². The SMILES string of the molecule is CC[S@](C)(=O)=Nc1cccc(OC)c1. The molecule has 0 N–H and O–H groups in total. The third-order valence-corrected chi connectivity index (χ3v) is 3.56. The van der Waals surface area contributed by atoms with Gasteiger partial charge in [-0.2, -0.15) is 4.36 Å². The van der Waals surface area contributed by atoms with E-state index in [-0.39, 0.29) is 0 Å². The van der Waals surface area contributed by atoms with E-state index in [1.54, 1.807) is 19.4 Å². The molecule has 0 amide bonds. The van der Waals surface area contributed by atoms with Crippen LogP contribution in [-0.4, -0.2) is 23.3 Å². The topological polar surface area (TPSA) is 38.7 Å². The van der Waals surface area contributed by atoms with E-state index in [0.29, 0.717) is 11.4 Å². The Morgan fingerprint density at radius 3 is 2.79 bits per heavy atom. The molecule has 1 aromatic rings. The lowest BCUT2D eigenvalue weighted by atomic mass is 10.3. The number of ether oxygens (including phenoxy) is 1. The Labute approximate surface area is 85.3 Å². The van der Waals surface area contributed by atoms with Gasteiger partial charge in [0.05, 0.1) is 12.8 Å². The number of rotatable bonds is 3. The predicted molar refractivity (Wildman–Crippen MR) is 59.7 cm³/mol. The molecule has 0 aliphatic carbocycles. The summed E-state index contributed by atoms with van der Waals surface area (Å²) in [6, 6.07) is 7.27. The van der Waals surface area contributed by atoms with Crippen LogP contribution in [0.15, 0.2) is 28.6 Å². The van der Waals surface area contributed by atoms with Crippen molar-refractivity contribution in [3.8, 4) is 5.75 Å². The smallest absolute Gasteiger partial charge is 0.121 e. The van der Waals surface area contributed by atoms with Crippen molar-refractivity contribution in [3.63, 3.8) is 0 Å². The summed E-state index contributed by atoms with van der Waals surface area (Å²) in [6.07, 6.45) is 1.66. The lowest BCUT2D eigenvalue weighted by Crippen LogP contribution is -1.97. The van der Waals surface area contributed by atoms with Crippen LogP contribution in [0, 0.1) is 0 Å². The molecule has 0 unspecified atom stereocenters. The summed E-state index contributed by atoms with van der Waals surface area (Å²) in [6.45, 7) is 1.87. The van der Waals surface area contributed by atoms with Crippen LogP contribution in [-0.2, 0) is 9.73 Å². The minimum absolute atomic E-state index is 0.560. The molecule has 0 spiro atoms. The zero-order valence-electron chi connectivity index (χ0n) is 8.69. The standard InChI is InChI=1S/C10H15NO2S/c1-4-14(3,12)11-9-6-5-7-10(8-9)13-2/h5-8H,4H2,1-3H3/t14-/m0/s1. The Hall–Kier alpha value is -1.03. The molecule has 1 rings (SSSR count). The molecule has 0 aliphatic rings. The van der Waals surface area contributed by atoms with Crippen LogP contribution < -0.4 is 4.74 Å². The van der Waals surface area contributed by atoms with Gasteiger partial charge in [-0.3, -0.25) is 0 Å². The maximum atomic E-state index is 11.7. The molecule has 4 heteroatoms. The number of hydrogen-bond donors (Lipinski definition) is 0.